The number of hydrogen-bond acceptors (Lipinski definition) is 7. The second-order valence-corrected chi connectivity index (χ2v) is 9.60. The first-order valence-electron chi connectivity index (χ1n) is 9.21. The van der Waals surface area contributed by atoms with Gasteiger partial charge in [-0.1, -0.05) is 11.6 Å². The molecule has 11 heteroatoms. The fourth-order valence-corrected chi connectivity index (χ4v) is 5.13. The van der Waals surface area contributed by atoms with Crippen molar-refractivity contribution in [2.24, 2.45) is 0 Å². The number of rotatable bonds is 7. The van der Waals surface area contributed by atoms with Gasteiger partial charge in [-0.15, -0.1) is 11.3 Å². The van der Waals surface area contributed by atoms with Crippen molar-refractivity contribution >= 4 is 49.7 Å². The van der Waals surface area contributed by atoms with E-state index in [1.807, 2.05) is 0 Å². The van der Waals surface area contributed by atoms with Crippen molar-refractivity contribution in [3.8, 4) is 11.5 Å². The van der Waals surface area contributed by atoms with Gasteiger partial charge >= 0.3 is 0 Å². The Balaban J connectivity index is 0.00000289. The van der Waals surface area contributed by atoms with Gasteiger partial charge in [0.1, 0.15) is 11.5 Å². The summed E-state index contributed by atoms with van der Waals surface area (Å²) in [6, 6.07) is 11.1. The summed E-state index contributed by atoms with van der Waals surface area (Å²) in [5.41, 5.74) is 0.588. The van der Waals surface area contributed by atoms with Gasteiger partial charge in [0, 0.05) is 37.7 Å². The van der Waals surface area contributed by atoms with E-state index in [9.17, 15) is 13.2 Å². The lowest BCUT2D eigenvalue weighted by Crippen LogP contribution is -2.32. The van der Waals surface area contributed by atoms with E-state index in [0.717, 1.165) is 0 Å². The Hall–Kier alpha value is -2.82. The maximum absolute atomic E-state index is 12.8. The van der Waals surface area contributed by atoms with Crippen LogP contribution in [0.5, 0.6) is 11.5 Å². The van der Waals surface area contributed by atoms with Crippen molar-refractivity contribution in [2.45, 2.75) is 17.4 Å². The molecule has 1 unspecified atom stereocenters. The molecule has 1 saturated heterocycles. The molecule has 0 radical (unpaired) electrons. The highest BCUT2D eigenvalue weighted by molar-refractivity contribution is 7.93. The first-order chi connectivity index (χ1) is 14.9. The second-order valence-electron chi connectivity index (χ2n) is 6.62. The van der Waals surface area contributed by atoms with Gasteiger partial charge in [-0.3, -0.25) is 9.52 Å². The first kappa shape index (κ1) is 21.4. The SMILES string of the molecule is COc1ccc(OC2CCN(c3ccc(S(=O)(=O)Nc4nccs4)cc3)C2=O)c(Cl)c1.[HH]. The Morgan fingerprint density at radius 3 is 2.68 bits per heavy atom. The van der Waals surface area contributed by atoms with Crippen LogP contribution in [0.3, 0.4) is 0 Å². The van der Waals surface area contributed by atoms with Crippen molar-refractivity contribution in [3.63, 3.8) is 0 Å². The topological polar surface area (TPSA) is 97.8 Å². The van der Waals surface area contributed by atoms with Crippen LogP contribution in [0.25, 0.3) is 0 Å². The van der Waals surface area contributed by atoms with E-state index in [-0.39, 0.29) is 17.4 Å². The Kier molecular flexibility index (Phi) is 6.03. The molecule has 1 aromatic heterocycles. The van der Waals surface area contributed by atoms with Gasteiger partial charge in [0.2, 0.25) is 0 Å². The summed E-state index contributed by atoms with van der Waals surface area (Å²) >= 11 is 7.39. The van der Waals surface area contributed by atoms with Crippen LogP contribution in [-0.2, 0) is 14.8 Å². The number of carbonyl (C=O) groups excluding carboxylic acids is 1. The zero-order valence-corrected chi connectivity index (χ0v) is 18.7. The van der Waals surface area contributed by atoms with E-state index in [0.29, 0.717) is 35.2 Å². The Labute approximate surface area is 189 Å². The molecular weight excluding hydrogens is 462 g/mol. The number of aromatic nitrogens is 1. The summed E-state index contributed by atoms with van der Waals surface area (Å²) in [5, 5.41) is 2.32. The maximum atomic E-state index is 12.8. The van der Waals surface area contributed by atoms with Crippen LogP contribution in [0, 0.1) is 0 Å². The third-order valence-corrected chi connectivity index (χ3v) is 7.15. The lowest BCUT2D eigenvalue weighted by Gasteiger charge is -2.18. The minimum absolute atomic E-state index is 0. The van der Waals surface area contributed by atoms with E-state index >= 15 is 0 Å². The third-order valence-electron chi connectivity index (χ3n) is 4.68. The predicted octanol–water partition coefficient (Wildman–Crippen LogP) is 4.04. The van der Waals surface area contributed by atoms with Gasteiger partial charge in [0.05, 0.1) is 17.0 Å². The van der Waals surface area contributed by atoms with E-state index in [2.05, 4.69) is 9.71 Å². The Bertz CT molecular complexity index is 1190. The number of nitrogens with zero attached hydrogens (tertiary/aromatic N) is 2. The average molecular weight is 482 g/mol. The summed E-state index contributed by atoms with van der Waals surface area (Å²) in [6.07, 6.45) is 1.32. The molecule has 1 atom stereocenters. The molecule has 1 amide bonds. The van der Waals surface area contributed by atoms with Crippen LogP contribution in [0.1, 0.15) is 7.85 Å². The van der Waals surface area contributed by atoms with E-state index in [4.69, 9.17) is 21.1 Å². The number of thiazole rings is 1. The van der Waals surface area contributed by atoms with Crippen molar-refractivity contribution in [1.82, 2.24) is 4.98 Å². The standard InChI is InChI=1S/C20H18ClN3O5S2.H2/c1-28-14-4-7-17(16(21)12-14)29-18-8-10-24(19(18)25)13-2-5-15(6-3-13)31(26,27)23-20-22-9-11-30-20;/h2-7,9,11-12,18H,8,10H2,1H3,(H,22,23);1H. The predicted molar refractivity (Wildman–Crippen MR) is 121 cm³/mol. The van der Waals surface area contributed by atoms with Gasteiger partial charge in [-0.05, 0) is 36.4 Å². The number of halogens is 1. The van der Waals surface area contributed by atoms with Crippen LogP contribution >= 0.6 is 22.9 Å². The largest absolute Gasteiger partial charge is 0.497 e. The maximum Gasteiger partial charge on any atom is 0.268 e. The van der Waals surface area contributed by atoms with Crippen molar-refractivity contribution in [1.29, 1.82) is 0 Å². The number of sulfonamides is 1. The molecule has 1 aliphatic heterocycles. The molecule has 2 heterocycles. The molecule has 1 fully saturated rings. The summed E-state index contributed by atoms with van der Waals surface area (Å²) in [6.45, 7) is 0.445. The number of hydrogen-bond donors (Lipinski definition) is 1. The van der Waals surface area contributed by atoms with E-state index in [1.54, 1.807) is 40.6 Å². The van der Waals surface area contributed by atoms with Crippen LogP contribution in [0.15, 0.2) is 58.9 Å². The molecular formula is C20H20ClN3O5S2. The van der Waals surface area contributed by atoms with E-state index in [1.165, 1.54) is 36.8 Å². The van der Waals surface area contributed by atoms with Crippen molar-refractivity contribution in [2.75, 3.05) is 23.3 Å². The van der Waals surface area contributed by atoms with Gasteiger partial charge < -0.3 is 14.4 Å². The molecule has 1 N–H and O–H groups in total. The van der Waals surface area contributed by atoms with Crippen LogP contribution in [-0.4, -0.2) is 39.1 Å². The van der Waals surface area contributed by atoms with Crippen LogP contribution < -0.4 is 19.1 Å². The first-order valence-corrected chi connectivity index (χ1v) is 12.0. The molecule has 0 spiro atoms. The molecule has 0 saturated carbocycles. The monoisotopic (exact) mass is 481 g/mol. The lowest BCUT2D eigenvalue weighted by molar-refractivity contribution is -0.122. The third kappa shape index (κ3) is 4.60. The number of nitrogens with one attached hydrogen (secondary N) is 1. The minimum atomic E-state index is -3.75. The molecule has 2 aromatic carbocycles. The number of ether oxygens (including phenoxy) is 2. The average Bonchev–Trinajstić information content (AvgIpc) is 3.39. The Morgan fingerprint density at radius 1 is 1.26 bits per heavy atom. The molecule has 8 nitrogen and oxygen atoms in total. The Morgan fingerprint density at radius 2 is 2.03 bits per heavy atom. The molecule has 4 rings (SSSR count). The molecule has 0 aliphatic carbocycles. The number of amides is 1. The number of methoxy groups -OCH3 is 1. The van der Waals surface area contributed by atoms with Gasteiger partial charge in [0.25, 0.3) is 15.9 Å². The van der Waals surface area contributed by atoms with Gasteiger partial charge in [-0.2, -0.15) is 0 Å². The molecule has 0 bridgehead atoms. The van der Waals surface area contributed by atoms with Crippen molar-refractivity contribution < 1.29 is 24.1 Å². The molecule has 1 aliphatic rings. The number of carbonyl (C=O) groups is 1. The summed E-state index contributed by atoms with van der Waals surface area (Å²) < 4.78 is 38.3. The minimum Gasteiger partial charge on any atom is -0.497 e. The summed E-state index contributed by atoms with van der Waals surface area (Å²) in [4.78, 5) is 18.4. The normalized spacial score (nSPS) is 16.4. The zero-order valence-electron chi connectivity index (χ0n) is 16.3. The number of anilines is 2. The number of benzene rings is 2. The summed E-state index contributed by atoms with van der Waals surface area (Å²) in [5.74, 6) is 0.775. The zero-order chi connectivity index (χ0) is 22.0. The fraction of sp³-hybridized carbons (Fsp3) is 0.200. The lowest BCUT2D eigenvalue weighted by atomic mass is 10.3. The van der Waals surface area contributed by atoms with E-state index < -0.39 is 16.1 Å². The fourth-order valence-electron chi connectivity index (χ4n) is 3.13. The van der Waals surface area contributed by atoms with Crippen molar-refractivity contribution in [3.05, 3.63) is 59.1 Å². The molecule has 164 valence electrons. The van der Waals surface area contributed by atoms with Crippen LogP contribution in [0.4, 0.5) is 10.8 Å². The highest BCUT2D eigenvalue weighted by Gasteiger charge is 2.35. The van der Waals surface area contributed by atoms with Crippen LogP contribution in [0.2, 0.25) is 5.02 Å². The summed E-state index contributed by atoms with van der Waals surface area (Å²) in [7, 11) is -2.22. The smallest absolute Gasteiger partial charge is 0.268 e. The highest BCUT2D eigenvalue weighted by atomic mass is 35.5. The van der Waals surface area contributed by atoms with Gasteiger partial charge in [0.15, 0.2) is 11.2 Å². The second kappa shape index (κ2) is 8.74. The quantitative estimate of drug-likeness (QED) is 0.547. The van der Waals surface area contributed by atoms with Gasteiger partial charge in [-0.25, -0.2) is 13.4 Å². The molecule has 3 aromatic rings. The highest BCUT2D eigenvalue weighted by Crippen LogP contribution is 2.32. The molecule has 31 heavy (non-hydrogen) atoms.